The Morgan fingerprint density at radius 2 is 1.85 bits per heavy atom. The summed E-state index contributed by atoms with van der Waals surface area (Å²) in [6.07, 6.45) is 4.15. The van der Waals surface area contributed by atoms with Gasteiger partial charge in [-0.3, -0.25) is 0 Å². The molecule has 0 atom stereocenters. The first kappa shape index (κ1) is 14.6. The summed E-state index contributed by atoms with van der Waals surface area (Å²) in [7, 11) is 0. The van der Waals surface area contributed by atoms with Crippen molar-refractivity contribution in [2.24, 2.45) is 0 Å². The third-order valence-corrected chi connectivity index (χ3v) is 3.41. The Morgan fingerprint density at radius 1 is 1.15 bits per heavy atom. The van der Waals surface area contributed by atoms with E-state index in [-0.39, 0.29) is 5.82 Å². The number of halogens is 1. The number of rotatable bonds is 6. The van der Waals surface area contributed by atoms with Crippen molar-refractivity contribution in [1.29, 1.82) is 0 Å². The van der Waals surface area contributed by atoms with Gasteiger partial charge in [0.2, 0.25) is 0 Å². The second kappa shape index (κ2) is 6.55. The summed E-state index contributed by atoms with van der Waals surface area (Å²) in [4.78, 5) is 4.67. The molecule has 0 bridgehead atoms. The van der Waals surface area contributed by atoms with Crippen LogP contribution in [0.15, 0.2) is 24.3 Å². The molecule has 2 N–H and O–H groups in total. The Labute approximate surface area is 119 Å². The standard InChI is InChI=1S/C16H22FN3/c1-3-5-11-20-14(6-4-2)19-15(16(20)18)12-7-9-13(17)10-8-12/h7-10H,3-6,11,18H2,1-2H3. The molecule has 1 aromatic heterocycles. The van der Waals surface area contributed by atoms with Crippen LogP contribution < -0.4 is 5.73 Å². The molecular weight excluding hydrogens is 253 g/mol. The predicted octanol–water partition coefficient (Wildman–Crippen LogP) is 4.02. The topological polar surface area (TPSA) is 43.8 Å². The normalized spacial score (nSPS) is 10.9. The van der Waals surface area contributed by atoms with Gasteiger partial charge in [0.05, 0.1) is 0 Å². The van der Waals surface area contributed by atoms with Crippen LogP contribution in [0.4, 0.5) is 10.2 Å². The fraction of sp³-hybridized carbons (Fsp3) is 0.438. The molecule has 0 unspecified atom stereocenters. The van der Waals surface area contributed by atoms with Crippen molar-refractivity contribution in [2.75, 3.05) is 5.73 Å². The number of nitrogens with zero attached hydrogens (tertiary/aromatic N) is 2. The van der Waals surface area contributed by atoms with Gasteiger partial charge in [-0.2, -0.15) is 0 Å². The van der Waals surface area contributed by atoms with Crippen LogP contribution in [0, 0.1) is 5.82 Å². The van der Waals surface area contributed by atoms with E-state index >= 15 is 0 Å². The van der Waals surface area contributed by atoms with Crippen LogP contribution >= 0.6 is 0 Å². The Hall–Kier alpha value is -1.84. The van der Waals surface area contributed by atoms with Gasteiger partial charge in [0.25, 0.3) is 0 Å². The number of hydrogen-bond donors (Lipinski definition) is 1. The highest BCUT2D eigenvalue weighted by molar-refractivity contribution is 5.71. The maximum absolute atomic E-state index is 13.0. The van der Waals surface area contributed by atoms with Crippen molar-refractivity contribution in [3.05, 3.63) is 35.9 Å². The highest BCUT2D eigenvalue weighted by Gasteiger charge is 2.15. The smallest absolute Gasteiger partial charge is 0.131 e. The van der Waals surface area contributed by atoms with E-state index in [0.29, 0.717) is 5.82 Å². The second-order valence-electron chi connectivity index (χ2n) is 5.02. The molecule has 0 aliphatic rings. The highest BCUT2D eigenvalue weighted by atomic mass is 19.1. The minimum absolute atomic E-state index is 0.244. The quantitative estimate of drug-likeness (QED) is 0.865. The SMILES string of the molecule is CCCCn1c(CCC)nc(-c2ccc(F)cc2)c1N. The number of aromatic nitrogens is 2. The second-order valence-corrected chi connectivity index (χ2v) is 5.02. The van der Waals surface area contributed by atoms with Crippen molar-refractivity contribution in [1.82, 2.24) is 9.55 Å². The zero-order valence-corrected chi connectivity index (χ0v) is 12.2. The van der Waals surface area contributed by atoms with Crippen molar-refractivity contribution in [3.63, 3.8) is 0 Å². The van der Waals surface area contributed by atoms with Crippen molar-refractivity contribution < 1.29 is 4.39 Å². The van der Waals surface area contributed by atoms with Crippen molar-refractivity contribution >= 4 is 5.82 Å². The molecule has 1 heterocycles. The van der Waals surface area contributed by atoms with Gasteiger partial charge in [0.15, 0.2) is 0 Å². The lowest BCUT2D eigenvalue weighted by molar-refractivity contribution is 0.604. The van der Waals surface area contributed by atoms with Gasteiger partial charge in [-0.15, -0.1) is 0 Å². The number of aryl methyl sites for hydroxylation is 1. The molecule has 20 heavy (non-hydrogen) atoms. The molecular formula is C16H22FN3. The molecule has 0 saturated heterocycles. The summed E-state index contributed by atoms with van der Waals surface area (Å²) < 4.78 is 15.1. The van der Waals surface area contributed by atoms with Crippen LogP contribution in [0.1, 0.15) is 38.9 Å². The molecule has 0 radical (unpaired) electrons. The predicted molar refractivity (Wildman–Crippen MR) is 80.9 cm³/mol. The maximum atomic E-state index is 13.0. The van der Waals surface area contributed by atoms with E-state index in [1.807, 2.05) is 0 Å². The minimum Gasteiger partial charge on any atom is -0.383 e. The molecule has 3 nitrogen and oxygen atoms in total. The number of nitrogen functional groups attached to an aromatic ring is 1. The lowest BCUT2D eigenvalue weighted by Crippen LogP contribution is -2.07. The van der Waals surface area contributed by atoms with E-state index in [9.17, 15) is 4.39 Å². The summed E-state index contributed by atoms with van der Waals surface area (Å²) in [5.41, 5.74) is 7.89. The lowest BCUT2D eigenvalue weighted by Gasteiger charge is -2.08. The van der Waals surface area contributed by atoms with E-state index in [4.69, 9.17) is 5.73 Å². The van der Waals surface area contributed by atoms with Crippen LogP contribution in [0.3, 0.4) is 0 Å². The summed E-state index contributed by atoms with van der Waals surface area (Å²) >= 11 is 0. The van der Waals surface area contributed by atoms with Crippen LogP contribution in [0.25, 0.3) is 11.3 Å². The van der Waals surface area contributed by atoms with Crippen molar-refractivity contribution in [2.45, 2.75) is 46.1 Å². The third kappa shape index (κ3) is 3.00. The number of nitrogens with two attached hydrogens (primary N) is 1. The fourth-order valence-electron chi connectivity index (χ4n) is 2.31. The average Bonchev–Trinajstić information content (AvgIpc) is 2.75. The van der Waals surface area contributed by atoms with E-state index in [2.05, 4.69) is 23.4 Å². The molecule has 0 aliphatic carbocycles. The van der Waals surface area contributed by atoms with Crippen LogP contribution in [0.5, 0.6) is 0 Å². The lowest BCUT2D eigenvalue weighted by atomic mass is 10.1. The summed E-state index contributed by atoms with van der Waals surface area (Å²) in [5.74, 6) is 1.47. The van der Waals surface area contributed by atoms with Crippen LogP contribution in [-0.4, -0.2) is 9.55 Å². The Kier molecular flexibility index (Phi) is 4.77. The van der Waals surface area contributed by atoms with Gasteiger partial charge in [-0.25, -0.2) is 9.37 Å². The van der Waals surface area contributed by atoms with E-state index in [1.165, 1.54) is 12.1 Å². The summed E-state index contributed by atoms with van der Waals surface area (Å²) in [5, 5.41) is 0. The first-order chi connectivity index (χ1) is 9.67. The third-order valence-electron chi connectivity index (χ3n) is 3.41. The van der Waals surface area contributed by atoms with Crippen LogP contribution in [-0.2, 0) is 13.0 Å². The van der Waals surface area contributed by atoms with Crippen LogP contribution in [0.2, 0.25) is 0 Å². The van der Waals surface area contributed by atoms with Crippen molar-refractivity contribution in [3.8, 4) is 11.3 Å². The van der Waals surface area contributed by atoms with Gasteiger partial charge in [-0.1, -0.05) is 20.3 Å². The molecule has 108 valence electrons. The molecule has 0 fully saturated rings. The Bertz CT molecular complexity index is 558. The number of benzene rings is 1. The molecule has 0 aliphatic heterocycles. The largest absolute Gasteiger partial charge is 0.383 e. The first-order valence-corrected chi connectivity index (χ1v) is 7.28. The molecule has 4 heteroatoms. The van der Waals surface area contributed by atoms with Gasteiger partial charge in [0.1, 0.15) is 23.2 Å². The average molecular weight is 275 g/mol. The minimum atomic E-state index is -0.244. The van der Waals surface area contributed by atoms with E-state index in [1.54, 1.807) is 12.1 Å². The number of hydrogen-bond acceptors (Lipinski definition) is 2. The number of anilines is 1. The molecule has 2 aromatic rings. The number of imidazole rings is 1. The first-order valence-electron chi connectivity index (χ1n) is 7.28. The molecule has 1 aromatic carbocycles. The van der Waals surface area contributed by atoms with Gasteiger partial charge < -0.3 is 10.3 Å². The monoisotopic (exact) mass is 275 g/mol. The van der Waals surface area contributed by atoms with E-state index in [0.717, 1.165) is 49.3 Å². The van der Waals surface area contributed by atoms with Gasteiger partial charge in [0, 0.05) is 18.5 Å². The Balaban J connectivity index is 2.40. The summed E-state index contributed by atoms with van der Waals surface area (Å²) in [6.45, 7) is 5.19. The molecule has 2 rings (SSSR count). The Morgan fingerprint density at radius 3 is 2.45 bits per heavy atom. The molecule has 0 spiro atoms. The summed E-state index contributed by atoms with van der Waals surface area (Å²) in [6, 6.07) is 6.35. The maximum Gasteiger partial charge on any atom is 0.131 e. The molecule has 0 amide bonds. The number of unbranched alkanes of at least 4 members (excludes halogenated alkanes) is 1. The highest BCUT2D eigenvalue weighted by Crippen LogP contribution is 2.27. The zero-order chi connectivity index (χ0) is 14.5. The fourth-order valence-corrected chi connectivity index (χ4v) is 2.31. The van der Waals surface area contributed by atoms with Gasteiger partial charge >= 0.3 is 0 Å². The van der Waals surface area contributed by atoms with Gasteiger partial charge in [-0.05, 0) is 37.1 Å². The van der Waals surface area contributed by atoms with E-state index < -0.39 is 0 Å². The zero-order valence-electron chi connectivity index (χ0n) is 12.2. The molecule has 0 saturated carbocycles.